The smallest absolute Gasteiger partial charge is 0.124 e. The first-order valence-electron chi connectivity index (χ1n) is 8.46. The fraction of sp³-hybridized carbons (Fsp3) is 0.421. The summed E-state index contributed by atoms with van der Waals surface area (Å²) in [5.74, 6) is 1.68. The molecular formula is C19H25N5. The van der Waals surface area contributed by atoms with Crippen LogP contribution >= 0.6 is 0 Å². The quantitative estimate of drug-likeness (QED) is 0.694. The Kier molecular flexibility index (Phi) is 4.90. The monoisotopic (exact) mass is 323 g/mol. The number of rotatable bonds is 6. The topological polar surface area (TPSA) is 46.8 Å². The van der Waals surface area contributed by atoms with E-state index in [-0.39, 0.29) is 6.04 Å². The molecule has 0 N–H and O–H groups in total. The summed E-state index contributed by atoms with van der Waals surface area (Å²) in [6, 6.07) is 10.5. The zero-order chi connectivity index (χ0) is 17.1. The zero-order valence-electron chi connectivity index (χ0n) is 14.8. The summed E-state index contributed by atoms with van der Waals surface area (Å²) in [5.41, 5.74) is 3.31. The van der Waals surface area contributed by atoms with E-state index in [0.717, 1.165) is 30.1 Å². The van der Waals surface area contributed by atoms with Crippen LogP contribution in [-0.2, 0) is 13.1 Å². The standard InChI is InChI=1S/C19H25N5/c1-14(2)11-24-18-8-6-5-7-17(18)22-19(24)12-23(4)15(3)16-9-10-20-13-21-16/h5-10,13-15H,11-12H2,1-4H3. The molecule has 0 aliphatic carbocycles. The Morgan fingerprint density at radius 3 is 2.62 bits per heavy atom. The Labute approximate surface area is 143 Å². The molecule has 0 spiro atoms. The number of fused-ring (bicyclic) bond motifs is 1. The Morgan fingerprint density at radius 2 is 1.92 bits per heavy atom. The molecule has 0 aliphatic heterocycles. The van der Waals surface area contributed by atoms with E-state index in [0.29, 0.717) is 5.92 Å². The van der Waals surface area contributed by atoms with Crippen molar-refractivity contribution in [2.75, 3.05) is 7.05 Å². The van der Waals surface area contributed by atoms with E-state index < -0.39 is 0 Å². The summed E-state index contributed by atoms with van der Waals surface area (Å²) in [6.07, 6.45) is 3.40. The predicted molar refractivity (Wildman–Crippen MR) is 96.5 cm³/mol. The van der Waals surface area contributed by atoms with Gasteiger partial charge in [-0.25, -0.2) is 15.0 Å². The number of nitrogens with zero attached hydrogens (tertiary/aromatic N) is 5. The Bertz CT molecular complexity index is 794. The van der Waals surface area contributed by atoms with Gasteiger partial charge in [-0.15, -0.1) is 0 Å². The van der Waals surface area contributed by atoms with Crippen LogP contribution < -0.4 is 0 Å². The van der Waals surface area contributed by atoms with Gasteiger partial charge in [0.15, 0.2) is 0 Å². The second-order valence-electron chi connectivity index (χ2n) is 6.75. The molecular weight excluding hydrogens is 298 g/mol. The lowest BCUT2D eigenvalue weighted by atomic mass is 10.2. The van der Waals surface area contributed by atoms with Crippen molar-refractivity contribution < 1.29 is 0 Å². The molecule has 3 rings (SSSR count). The van der Waals surface area contributed by atoms with Crippen LogP contribution in [0.25, 0.3) is 11.0 Å². The number of hydrogen-bond acceptors (Lipinski definition) is 4. The highest BCUT2D eigenvalue weighted by Crippen LogP contribution is 2.22. The summed E-state index contributed by atoms with van der Waals surface area (Å²) in [5, 5.41) is 0. The van der Waals surface area contributed by atoms with Gasteiger partial charge in [0.05, 0.1) is 23.3 Å². The molecule has 0 bridgehead atoms. The summed E-state index contributed by atoms with van der Waals surface area (Å²) >= 11 is 0. The summed E-state index contributed by atoms with van der Waals surface area (Å²) < 4.78 is 2.35. The fourth-order valence-electron chi connectivity index (χ4n) is 2.95. The number of aromatic nitrogens is 4. The minimum absolute atomic E-state index is 0.209. The third-order valence-corrected chi connectivity index (χ3v) is 4.37. The maximum Gasteiger partial charge on any atom is 0.124 e. The molecule has 2 heterocycles. The van der Waals surface area contributed by atoms with Crippen molar-refractivity contribution in [1.29, 1.82) is 0 Å². The van der Waals surface area contributed by atoms with Crippen molar-refractivity contribution in [2.24, 2.45) is 5.92 Å². The maximum atomic E-state index is 4.87. The van der Waals surface area contributed by atoms with Crippen molar-refractivity contribution in [3.8, 4) is 0 Å². The maximum absolute atomic E-state index is 4.87. The first-order valence-corrected chi connectivity index (χ1v) is 8.46. The van der Waals surface area contributed by atoms with E-state index in [1.54, 1.807) is 12.5 Å². The van der Waals surface area contributed by atoms with Gasteiger partial charge in [-0.05, 0) is 38.1 Å². The van der Waals surface area contributed by atoms with E-state index in [2.05, 4.69) is 65.5 Å². The third-order valence-electron chi connectivity index (χ3n) is 4.37. The number of hydrogen-bond donors (Lipinski definition) is 0. The summed E-state index contributed by atoms with van der Waals surface area (Å²) in [7, 11) is 2.12. The Hall–Kier alpha value is -2.27. The van der Waals surface area contributed by atoms with E-state index in [1.807, 2.05) is 12.1 Å². The van der Waals surface area contributed by atoms with E-state index in [9.17, 15) is 0 Å². The largest absolute Gasteiger partial charge is 0.327 e. The van der Waals surface area contributed by atoms with Gasteiger partial charge in [0.25, 0.3) is 0 Å². The van der Waals surface area contributed by atoms with Crippen molar-refractivity contribution in [1.82, 2.24) is 24.4 Å². The molecule has 5 heteroatoms. The SMILES string of the molecule is CC(C)Cn1c(CN(C)C(C)c2ccncn2)nc2ccccc21. The highest BCUT2D eigenvalue weighted by molar-refractivity contribution is 5.75. The lowest BCUT2D eigenvalue weighted by Gasteiger charge is -2.24. The molecule has 24 heavy (non-hydrogen) atoms. The van der Waals surface area contributed by atoms with Gasteiger partial charge < -0.3 is 4.57 Å². The molecule has 1 unspecified atom stereocenters. The molecule has 0 aliphatic rings. The second-order valence-corrected chi connectivity index (χ2v) is 6.75. The number of para-hydroxylation sites is 2. The molecule has 1 aromatic carbocycles. The van der Waals surface area contributed by atoms with Gasteiger partial charge in [-0.2, -0.15) is 0 Å². The van der Waals surface area contributed by atoms with Crippen LogP contribution in [0.4, 0.5) is 0 Å². The molecule has 5 nitrogen and oxygen atoms in total. The molecule has 2 aromatic heterocycles. The van der Waals surface area contributed by atoms with Gasteiger partial charge >= 0.3 is 0 Å². The average molecular weight is 323 g/mol. The Balaban J connectivity index is 1.88. The molecule has 0 fully saturated rings. The van der Waals surface area contributed by atoms with Crippen LogP contribution in [-0.4, -0.2) is 31.5 Å². The van der Waals surface area contributed by atoms with Crippen LogP contribution in [0.2, 0.25) is 0 Å². The number of imidazole rings is 1. The van der Waals surface area contributed by atoms with Crippen molar-refractivity contribution in [2.45, 2.75) is 39.9 Å². The van der Waals surface area contributed by atoms with Crippen LogP contribution in [0.15, 0.2) is 42.9 Å². The Morgan fingerprint density at radius 1 is 1.12 bits per heavy atom. The normalized spacial score (nSPS) is 13.1. The summed E-state index contributed by atoms with van der Waals surface area (Å²) in [4.78, 5) is 15.5. The van der Waals surface area contributed by atoms with E-state index in [4.69, 9.17) is 4.98 Å². The van der Waals surface area contributed by atoms with Crippen LogP contribution in [0.5, 0.6) is 0 Å². The van der Waals surface area contributed by atoms with Gasteiger partial charge in [-0.1, -0.05) is 26.0 Å². The van der Waals surface area contributed by atoms with Gasteiger partial charge in [0.2, 0.25) is 0 Å². The summed E-state index contributed by atoms with van der Waals surface area (Å²) in [6.45, 7) is 8.41. The average Bonchev–Trinajstić information content (AvgIpc) is 2.92. The van der Waals surface area contributed by atoms with Crippen LogP contribution in [0.1, 0.15) is 38.3 Å². The lowest BCUT2D eigenvalue weighted by Crippen LogP contribution is -2.25. The molecule has 126 valence electrons. The molecule has 0 saturated heterocycles. The number of benzene rings is 1. The van der Waals surface area contributed by atoms with E-state index >= 15 is 0 Å². The predicted octanol–water partition coefficient (Wildman–Crippen LogP) is 3.68. The van der Waals surface area contributed by atoms with Crippen LogP contribution in [0.3, 0.4) is 0 Å². The molecule has 0 saturated carbocycles. The highest BCUT2D eigenvalue weighted by Gasteiger charge is 2.18. The van der Waals surface area contributed by atoms with Crippen molar-refractivity contribution in [3.05, 3.63) is 54.4 Å². The first kappa shape index (κ1) is 16.6. The van der Waals surface area contributed by atoms with E-state index in [1.165, 1.54) is 5.52 Å². The minimum Gasteiger partial charge on any atom is -0.327 e. The van der Waals surface area contributed by atoms with Gasteiger partial charge in [-0.3, -0.25) is 4.90 Å². The third kappa shape index (κ3) is 3.46. The van der Waals surface area contributed by atoms with Crippen molar-refractivity contribution in [3.63, 3.8) is 0 Å². The zero-order valence-corrected chi connectivity index (χ0v) is 14.8. The van der Waals surface area contributed by atoms with Gasteiger partial charge in [0, 0.05) is 18.8 Å². The lowest BCUT2D eigenvalue weighted by molar-refractivity contribution is 0.238. The van der Waals surface area contributed by atoms with Crippen molar-refractivity contribution >= 4 is 11.0 Å². The fourth-order valence-corrected chi connectivity index (χ4v) is 2.95. The first-order chi connectivity index (χ1) is 11.6. The minimum atomic E-state index is 0.209. The molecule has 0 radical (unpaired) electrons. The molecule has 0 amide bonds. The second kappa shape index (κ2) is 7.09. The van der Waals surface area contributed by atoms with Gasteiger partial charge in [0.1, 0.15) is 12.2 Å². The molecule has 1 atom stereocenters. The molecule has 3 aromatic rings. The van der Waals surface area contributed by atoms with Crippen LogP contribution in [0, 0.1) is 5.92 Å². The highest BCUT2D eigenvalue weighted by atomic mass is 15.2.